The Morgan fingerprint density at radius 2 is 1.82 bits per heavy atom. The lowest BCUT2D eigenvalue weighted by Crippen LogP contribution is -2.06. The zero-order valence-corrected chi connectivity index (χ0v) is 18.9. The third-order valence-electron chi connectivity index (χ3n) is 5.49. The van der Waals surface area contributed by atoms with Crippen molar-refractivity contribution in [2.75, 3.05) is 6.61 Å². The summed E-state index contributed by atoms with van der Waals surface area (Å²) in [7, 11) is 0. The first kappa shape index (κ1) is 22.1. The Labute approximate surface area is 196 Å². The second-order valence-corrected chi connectivity index (χ2v) is 8.62. The van der Waals surface area contributed by atoms with E-state index in [4.69, 9.17) is 14.6 Å². The van der Waals surface area contributed by atoms with Gasteiger partial charge in [-0.3, -0.25) is 0 Å². The van der Waals surface area contributed by atoms with Gasteiger partial charge in [0.15, 0.2) is 17.1 Å². The Kier molecular flexibility index (Phi) is 6.04. The minimum Gasteiger partial charge on any atom is -0.491 e. The number of benzene rings is 2. The minimum atomic E-state index is -2.93. The summed E-state index contributed by atoms with van der Waals surface area (Å²) in [5, 5.41) is 4.77. The Morgan fingerprint density at radius 3 is 2.59 bits per heavy atom. The molecule has 0 spiro atoms. The summed E-state index contributed by atoms with van der Waals surface area (Å²) in [4.78, 5) is 4.45. The van der Waals surface area contributed by atoms with Crippen molar-refractivity contribution in [3.8, 4) is 39.8 Å². The molecule has 0 bridgehead atoms. The second-order valence-electron chi connectivity index (χ2n) is 8.62. The average Bonchev–Trinajstić information content (AvgIpc) is 3.53. The van der Waals surface area contributed by atoms with Crippen molar-refractivity contribution in [3.05, 3.63) is 60.8 Å². The summed E-state index contributed by atoms with van der Waals surface area (Å²) < 4.78 is 43.8. The predicted octanol–water partition coefficient (Wildman–Crippen LogP) is 6.24. The second kappa shape index (κ2) is 9.29. The van der Waals surface area contributed by atoms with Crippen LogP contribution in [0, 0.1) is 5.92 Å². The highest BCUT2D eigenvalue weighted by Gasteiger charge is 2.23. The predicted molar refractivity (Wildman–Crippen MR) is 124 cm³/mol. The number of fused-ring (bicyclic) bond motifs is 1. The number of rotatable bonds is 9. The molecule has 2 aromatic heterocycles. The number of nitrogens with zero attached hydrogens (tertiary/aromatic N) is 3. The van der Waals surface area contributed by atoms with Crippen LogP contribution in [-0.4, -0.2) is 33.9 Å². The summed E-state index contributed by atoms with van der Waals surface area (Å²) >= 11 is 0. The van der Waals surface area contributed by atoms with Crippen LogP contribution in [0.3, 0.4) is 0 Å². The highest BCUT2D eigenvalue weighted by atomic mass is 19.3. The van der Waals surface area contributed by atoms with Crippen molar-refractivity contribution in [2.45, 2.75) is 39.4 Å². The molecule has 2 aromatic carbocycles. The lowest BCUT2D eigenvalue weighted by atomic mass is 10.1. The van der Waals surface area contributed by atoms with Gasteiger partial charge in [0, 0.05) is 23.4 Å². The fraction of sp³-hybridized carbons (Fsp3) is 0.308. The minimum absolute atomic E-state index is 0.0211. The van der Waals surface area contributed by atoms with Crippen LogP contribution < -0.4 is 14.2 Å². The molecule has 0 unspecified atom stereocenters. The molecule has 0 atom stereocenters. The van der Waals surface area contributed by atoms with Gasteiger partial charge in [0.05, 0.1) is 24.1 Å². The number of aromatic nitrogens is 3. The smallest absolute Gasteiger partial charge is 0.387 e. The third kappa shape index (κ3) is 4.95. The molecule has 1 aliphatic rings. The summed E-state index contributed by atoms with van der Waals surface area (Å²) in [5.74, 6) is 1.55. The van der Waals surface area contributed by atoms with Gasteiger partial charge < -0.3 is 14.2 Å². The SMILES string of the molecule is CC(C)Oc1cccc(-c2cc3nccc(-c4ccc(OC(F)F)c(OCC5CC5)c4)n3n2)c1. The van der Waals surface area contributed by atoms with Crippen LogP contribution in [0.2, 0.25) is 0 Å². The van der Waals surface area contributed by atoms with Crippen LogP contribution in [0.1, 0.15) is 26.7 Å². The standard InChI is InChI=1S/C26H25F2N3O3/c1-16(2)33-20-5-3-4-18(12-20)21-14-25-29-11-10-22(31(25)30-21)19-8-9-23(34-26(27)28)24(13-19)32-15-17-6-7-17/h3-5,8-14,16-17,26H,6-7,15H2,1-2H3. The van der Waals surface area contributed by atoms with Crippen LogP contribution in [0.25, 0.3) is 28.2 Å². The normalized spacial score (nSPS) is 13.6. The van der Waals surface area contributed by atoms with Crippen molar-refractivity contribution in [1.29, 1.82) is 0 Å². The van der Waals surface area contributed by atoms with Gasteiger partial charge in [-0.2, -0.15) is 13.9 Å². The quantitative estimate of drug-likeness (QED) is 0.293. The maximum absolute atomic E-state index is 12.9. The lowest BCUT2D eigenvalue weighted by Gasteiger charge is -2.14. The molecule has 176 valence electrons. The zero-order chi connectivity index (χ0) is 23.7. The van der Waals surface area contributed by atoms with Crippen molar-refractivity contribution in [1.82, 2.24) is 14.6 Å². The number of halogens is 2. The zero-order valence-electron chi connectivity index (χ0n) is 18.9. The van der Waals surface area contributed by atoms with Gasteiger partial charge in [-0.05, 0) is 69.0 Å². The van der Waals surface area contributed by atoms with E-state index in [-0.39, 0.29) is 11.9 Å². The summed E-state index contributed by atoms with van der Waals surface area (Å²) in [6, 6.07) is 16.4. The summed E-state index contributed by atoms with van der Waals surface area (Å²) in [6.45, 7) is 1.52. The monoisotopic (exact) mass is 465 g/mol. The molecule has 4 aromatic rings. The summed E-state index contributed by atoms with van der Waals surface area (Å²) in [6.07, 6.45) is 3.95. The molecule has 1 fully saturated rings. The van der Waals surface area contributed by atoms with Crippen molar-refractivity contribution in [2.24, 2.45) is 5.92 Å². The molecule has 1 aliphatic carbocycles. The lowest BCUT2D eigenvalue weighted by molar-refractivity contribution is -0.0515. The first-order valence-electron chi connectivity index (χ1n) is 11.3. The fourth-order valence-electron chi connectivity index (χ4n) is 3.72. The van der Waals surface area contributed by atoms with Gasteiger partial charge in [0.1, 0.15) is 5.75 Å². The Morgan fingerprint density at radius 1 is 0.971 bits per heavy atom. The van der Waals surface area contributed by atoms with Crippen LogP contribution in [-0.2, 0) is 0 Å². The van der Waals surface area contributed by atoms with E-state index in [1.165, 1.54) is 6.07 Å². The average molecular weight is 466 g/mol. The number of hydrogen-bond acceptors (Lipinski definition) is 5. The number of alkyl halides is 2. The third-order valence-corrected chi connectivity index (χ3v) is 5.49. The fourth-order valence-corrected chi connectivity index (χ4v) is 3.72. The van der Waals surface area contributed by atoms with Crippen LogP contribution in [0.4, 0.5) is 8.78 Å². The molecule has 0 aliphatic heterocycles. The molecule has 6 nitrogen and oxygen atoms in total. The molecule has 0 radical (unpaired) electrons. The van der Waals surface area contributed by atoms with E-state index < -0.39 is 6.61 Å². The Balaban J connectivity index is 1.51. The molecular formula is C26H25F2N3O3. The van der Waals surface area contributed by atoms with Crippen LogP contribution >= 0.6 is 0 Å². The van der Waals surface area contributed by atoms with E-state index >= 15 is 0 Å². The molecular weight excluding hydrogens is 440 g/mol. The number of ether oxygens (including phenoxy) is 3. The van der Waals surface area contributed by atoms with E-state index in [2.05, 4.69) is 9.72 Å². The summed E-state index contributed by atoms with van der Waals surface area (Å²) in [5.41, 5.74) is 3.83. The van der Waals surface area contributed by atoms with Gasteiger partial charge in [-0.15, -0.1) is 0 Å². The van der Waals surface area contributed by atoms with E-state index in [0.717, 1.165) is 41.1 Å². The molecule has 34 heavy (non-hydrogen) atoms. The Hall–Kier alpha value is -3.68. The maximum atomic E-state index is 12.9. The molecule has 1 saturated carbocycles. The molecule has 2 heterocycles. The van der Waals surface area contributed by atoms with E-state index in [0.29, 0.717) is 23.9 Å². The topological polar surface area (TPSA) is 57.9 Å². The maximum Gasteiger partial charge on any atom is 0.387 e. The Bertz CT molecular complexity index is 1300. The molecule has 8 heteroatoms. The van der Waals surface area contributed by atoms with Crippen LogP contribution in [0.5, 0.6) is 17.2 Å². The molecule has 0 saturated heterocycles. The van der Waals surface area contributed by atoms with E-state index in [9.17, 15) is 8.78 Å². The van der Waals surface area contributed by atoms with Gasteiger partial charge in [0.2, 0.25) is 0 Å². The van der Waals surface area contributed by atoms with Crippen molar-refractivity contribution < 1.29 is 23.0 Å². The van der Waals surface area contributed by atoms with Crippen molar-refractivity contribution >= 4 is 5.65 Å². The van der Waals surface area contributed by atoms with E-state index in [1.807, 2.05) is 50.2 Å². The first-order valence-corrected chi connectivity index (χ1v) is 11.3. The van der Waals surface area contributed by atoms with Gasteiger partial charge in [0.25, 0.3) is 0 Å². The molecule has 5 rings (SSSR count). The van der Waals surface area contributed by atoms with Gasteiger partial charge in [-0.1, -0.05) is 12.1 Å². The van der Waals surface area contributed by atoms with Crippen molar-refractivity contribution in [3.63, 3.8) is 0 Å². The van der Waals surface area contributed by atoms with Gasteiger partial charge >= 0.3 is 6.61 Å². The molecule has 0 amide bonds. The number of hydrogen-bond donors (Lipinski definition) is 0. The molecule has 0 N–H and O–H groups in total. The van der Waals surface area contributed by atoms with Gasteiger partial charge in [-0.25, -0.2) is 9.50 Å². The van der Waals surface area contributed by atoms with E-state index in [1.54, 1.807) is 22.8 Å². The highest BCUT2D eigenvalue weighted by Crippen LogP contribution is 2.37. The first-order chi connectivity index (χ1) is 16.5. The largest absolute Gasteiger partial charge is 0.491 e. The van der Waals surface area contributed by atoms with Crippen LogP contribution in [0.15, 0.2) is 60.8 Å². The highest BCUT2D eigenvalue weighted by molar-refractivity contribution is 5.70.